The predicted octanol–water partition coefficient (Wildman–Crippen LogP) is 12.7. The molecule has 0 radical (unpaired) electrons. The van der Waals surface area contributed by atoms with Crippen molar-refractivity contribution in [1.82, 2.24) is 0 Å². The summed E-state index contributed by atoms with van der Waals surface area (Å²) in [6.07, 6.45) is 0.650. The molecule has 578 valence electrons. The number of esters is 8. The van der Waals surface area contributed by atoms with Crippen molar-refractivity contribution in [3.05, 3.63) is 60.2 Å². The largest absolute Gasteiger partial charge is 0.469 e. The number of thioether (sulfide) groups is 2. The lowest BCUT2D eigenvalue weighted by molar-refractivity contribution is -0.490. The molecule has 0 amide bonds. The van der Waals surface area contributed by atoms with Crippen LogP contribution in [0.1, 0.15) is 181 Å². The van der Waals surface area contributed by atoms with Crippen molar-refractivity contribution < 1.29 is 120 Å². The topological polar surface area (TPSA) is 334 Å². The maximum absolute atomic E-state index is 12.5. The Balaban J connectivity index is 0.000000684. The van der Waals surface area contributed by atoms with E-state index in [1.54, 1.807) is 83.1 Å². The van der Waals surface area contributed by atoms with E-state index in [1.807, 2.05) is 79.7 Å². The first-order chi connectivity index (χ1) is 47.3. The minimum absolute atomic E-state index is 0.0371. The smallest absolute Gasteiger partial charge is 0.367 e. The highest BCUT2D eigenvalue weighted by Crippen LogP contribution is 2.36. The monoisotopic (exact) mass is 1480 g/mol. The highest BCUT2D eigenvalue weighted by Gasteiger charge is 2.34. The van der Waals surface area contributed by atoms with E-state index in [0.717, 1.165) is 27.9 Å². The molecule has 2 atom stereocenters. The van der Waals surface area contributed by atoms with Crippen LogP contribution >= 0.6 is 23.5 Å². The molecule has 0 saturated heterocycles. The number of carbonyl (C=O) groups excluding carboxylic acids is 9. The van der Waals surface area contributed by atoms with Crippen LogP contribution in [0.5, 0.6) is 0 Å². The number of rotatable bonds is 39. The fraction of sp³-hybridized carbons (Fsp3) is 0.667. The lowest BCUT2D eigenvalue weighted by Crippen LogP contribution is -2.37. The van der Waals surface area contributed by atoms with Gasteiger partial charge in [-0.05, 0) is 193 Å². The van der Waals surface area contributed by atoms with Gasteiger partial charge in [0.05, 0.1) is 78.5 Å². The lowest BCUT2D eigenvalue weighted by atomic mass is 9.91. The van der Waals surface area contributed by atoms with Gasteiger partial charge >= 0.3 is 53.1 Å². The molecule has 0 heterocycles. The molecule has 0 fully saturated rings. The Morgan fingerprint density at radius 2 is 0.784 bits per heavy atom. The fourth-order valence-corrected chi connectivity index (χ4v) is 9.68. The van der Waals surface area contributed by atoms with E-state index in [0.29, 0.717) is 42.8 Å². The van der Waals surface area contributed by atoms with Crippen LogP contribution in [0.3, 0.4) is 0 Å². The number of hydrogen-bond donors (Lipinski definition) is 3. The third kappa shape index (κ3) is 33.6. The first-order valence-electron chi connectivity index (χ1n) is 34.1. The Morgan fingerprint density at radius 3 is 1.21 bits per heavy atom. The number of benzene rings is 4. The number of carbonyl (C=O) groups is 9. The molecule has 0 spiro atoms. The van der Waals surface area contributed by atoms with E-state index >= 15 is 0 Å². The van der Waals surface area contributed by atoms with E-state index in [-0.39, 0.29) is 96.2 Å². The van der Waals surface area contributed by atoms with Crippen molar-refractivity contribution in [2.75, 3.05) is 97.5 Å². The number of ether oxygens (including phenoxy) is 11. The molecule has 0 aliphatic rings. The van der Waals surface area contributed by atoms with E-state index in [1.165, 1.54) is 42.1 Å². The molecule has 0 aliphatic carbocycles. The molecule has 4 aromatic carbocycles. The Bertz CT molecular complexity index is 3210. The average molecular weight is 1480 g/mol. The highest BCUT2D eigenvalue weighted by molar-refractivity contribution is 8.13. The van der Waals surface area contributed by atoms with Crippen molar-refractivity contribution in [1.29, 1.82) is 0 Å². The summed E-state index contributed by atoms with van der Waals surface area (Å²) >= 11 is 2.27. The SMILES string of the molecule is CCC(C)(C)C(=O)OCC(O)COC(=O)CCSCC(C)(C)C(=O)OC.CCC(C)(C)C(=O)OCC(O)COC(=O)SCC(C)(C)C(=O)OC.CCC(C)(C)C(=O)OCCOC(=O)c1cc2ccc3cccc4ccc(c1)c2c34.CCC(C)(C)C(=O)OCCOC(C)(C)OOC(C)(C)OCCO. The number of aliphatic hydroxyl groups excluding tert-OH is 3. The summed E-state index contributed by atoms with van der Waals surface area (Å²) in [4.78, 5) is 117. The van der Waals surface area contributed by atoms with Crippen LogP contribution in [0.4, 0.5) is 4.79 Å². The Labute approximate surface area is 610 Å². The van der Waals surface area contributed by atoms with Gasteiger partial charge in [-0.3, -0.25) is 33.6 Å². The maximum Gasteiger partial charge on any atom is 0.367 e. The van der Waals surface area contributed by atoms with Gasteiger partial charge < -0.3 is 67.4 Å². The van der Waals surface area contributed by atoms with Crippen molar-refractivity contribution in [2.24, 2.45) is 32.5 Å². The summed E-state index contributed by atoms with van der Waals surface area (Å²) in [7, 11) is 2.63. The summed E-state index contributed by atoms with van der Waals surface area (Å²) in [6, 6.07) is 18.2. The molecular weight excluding hydrogens is 1360 g/mol. The van der Waals surface area contributed by atoms with E-state index in [2.05, 4.69) is 35.1 Å². The molecule has 3 N–H and O–H groups in total. The second-order valence-corrected chi connectivity index (χ2v) is 30.9. The molecule has 0 bridgehead atoms. The molecule has 4 rings (SSSR count). The molecule has 27 heteroatoms. The maximum atomic E-state index is 12.5. The van der Waals surface area contributed by atoms with Gasteiger partial charge in [0.25, 0.3) is 0 Å². The zero-order chi connectivity index (χ0) is 78.1. The third-order valence-electron chi connectivity index (χ3n) is 16.3. The van der Waals surface area contributed by atoms with Gasteiger partial charge in [-0.25, -0.2) is 9.59 Å². The second-order valence-electron chi connectivity index (χ2n) is 28.8. The molecule has 4 aromatic rings. The van der Waals surface area contributed by atoms with Crippen LogP contribution in [0.15, 0.2) is 54.6 Å². The third-order valence-corrected chi connectivity index (χ3v) is 19.0. The van der Waals surface area contributed by atoms with Crippen molar-refractivity contribution in [2.45, 2.75) is 194 Å². The number of aliphatic hydroxyl groups is 3. The predicted molar refractivity (Wildman–Crippen MR) is 390 cm³/mol. The van der Waals surface area contributed by atoms with Crippen LogP contribution in [0.25, 0.3) is 32.3 Å². The van der Waals surface area contributed by atoms with Crippen LogP contribution in [0, 0.1) is 32.5 Å². The second kappa shape index (κ2) is 43.8. The van der Waals surface area contributed by atoms with Crippen molar-refractivity contribution >= 4 is 109 Å². The minimum atomic E-state index is -1.10. The molecule has 0 aliphatic heterocycles. The van der Waals surface area contributed by atoms with E-state index in [4.69, 9.17) is 62.3 Å². The van der Waals surface area contributed by atoms with Crippen LogP contribution in [-0.2, 0) is 95.4 Å². The molecule has 2 unspecified atom stereocenters. The number of methoxy groups -OCH3 is 2. The van der Waals surface area contributed by atoms with Gasteiger partial charge in [-0.1, -0.05) is 70.2 Å². The van der Waals surface area contributed by atoms with Gasteiger partial charge in [0.1, 0.15) is 58.5 Å². The summed E-state index contributed by atoms with van der Waals surface area (Å²) in [6.45, 7) is 35.0. The minimum Gasteiger partial charge on any atom is -0.469 e. The molecule has 0 saturated carbocycles. The van der Waals surface area contributed by atoms with E-state index < -0.39 is 91.4 Å². The van der Waals surface area contributed by atoms with Gasteiger partial charge in [0.2, 0.25) is 0 Å². The Morgan fingerprint density at radius 1 is 0.422 bits per heavy atom. The van der Waals surface area contributed by atoms with Crippen LogP contribution in [0.2, 0.25) is 0 Å². The molecule has 25 nitrogen and oxygen atoms in total. The summed E-state index contributed by atoms with van der Waals surface area (Å²) < 4.78 is 55.7. The first-order valence-corrected chi connectivity index (χ1v) is 36.3. The normalized spacial score (nSPS) is 12.8. The zero-order valence-electron chi connectivity index (χ0n) is 64.2. The van der Waals surface area contributed by atoms with Crippen molar-refractivity contribution in [3.8, 4) is 0 Å². The first kappa shape index (κ1) is 93.6. The lowest BCUT2D eigenvalue weighted by Gasteiger charge is -2.30. The van der Waals surface area contributed by atoms with Gasteiger partial charge in [0, 0.05) is 17.3 Å². The number of hydrogen-bond acceptors (Lipinski definition) is 27. The standard InChI is InChI=1S/C25H24O4.C18H32O7S.C16H28O7S.C16H32O7/c1-4-25(2,3)24(27)29-13-12-28-23(26)20-14-18-10-8-16-6-5-7-17-9-11-19(15-20)22(18)21(16)17;1-7-17(2,3)16(22)25-11-13(19)10-24-14(20)8-9-26-12-18(4,5)15(21)23-6;1-7-15(2,3)13(19)22-8-11(17)9-23-14(20)24-10-16(4,5)12(18)21-6;1-8-14(2,3)13(18)19-11-12-21-16(6,7)23-22-15(4,5)20-10-9-17/h5-11,14-15H,4,12-13H2,1-3H3;13,19H,7-12H2,1-6H3;11,17H,7-10H2,1-6H3;17H,8-12H2,1-7H3. The Hall–Kier alpha value is -6.43. The van der Waals surface area contributed by atoms with Gasteiger partial charge in [-0.15, -0.1) is 0 Å². The zero-order valence-corrected chi connectivity index (χ0v) is 65.9. The average Bonchev–Trinajstić information content (AvgIpc) is 0.744. The Kier molecular flexibility index (Phi) is 40.1. The van der Waals surface area contributed by atoms with Crippen molar-refractivity contribution in [3.63, 3.8) is 0 Å². The van der Waals surface area contributed by atoms with E-state index in [9.17, 15) is 53.4 Å². The summed E-state index contributed by atoms with van der Waals surface area (Å²) in [5, 5.41) is 34.3. The quantitative estimate of drug-likeness (QED) is 0.00710. The van der Waals surface area contributed by atoms with Gasteiger partial charge in [0.15, 0.2) is 11.6 Å². The van der Waals surface area contributed by atoms with Crippen LogP contribution < -0.4 is 0 Å². The molecule has 0 aromatic heterocycles. The van der Waals surface area contributed by atoms with Crippen LogP contribution in [-0.4, -0.2) is 190 Å². The fourth-order valence-electron chi connectivity index (χ4n) is 7.84. The van der Waals surface area contributed by atoms with Gasteiger partial charge in [-0.2, -0.15) is 21.5 Å². The summed E-state index contributed by atoms with van der Waals surface area (Å²) in [5.74, 6) is -3.76. The summed E-state index contributed by atoms with van der Waals surface area (Å²) in [5.41, 5.74) is -3.19. The molecular formula is C75H116O25S2. The molecule has 102 heavy (non-hydrogen) atoms. The highest BCUT2D eigenvalue weighted by atomic mass is 32.2.